The molecule has 2 aromatic rings. The average molecular weight is 260 g/mol. The van der Waals surface area contributed by atoms with Crippen LogP contribution in [0.1, 0.15) is 21.7 Å². The summed E-state index contributed by atoms with van der Waals surface area (Å²) in [6.45, 7) is 0.715. The van der Waals surface area contributed by atoms with E-state index in [1.54, 1.807) is 4.90 Å². The molecule has 18 heavy (non-hydrogen) atoms. The molecule has 2 heterocycles. The predicted molar refractivity (Wildman–Crippen MR) is 70.8 cm³/mol. The van der Waals surface area contributed by atoms with E-state index < -0.39 is 0 Å². The summed E-state index contributed by atoms with van der Waals surface area (Å²) < 4.78 is 3.73. The third-order valence-electron chi connectivity index (χ3n) is 3.10. The first kappa shape index (κ1) is 11.2. The van der Waals surface area contributed by atoms with Crippen LogP contribution in [0.4, 0.5) is 11.4 Å². The van der Waals surface area contributed by atoms with E-state index in [1.165, 1.54) is 6.20 Å². The molecule has 5 nitrogen and oxygen atoms in total. The van der Waals surface area contributed by atoms with Crippen molar-refractivity contribution in [3.63, 3.8) is 0 Å². The highest BCUT2D eigenvalue weighted by atomic mass is 32.1. The van der Waals surface area contributed by atoms with Crippen LogP contribution in [0.5, 0.6) is 0 Å². The molecule has 0 saturated heterocycles. The summed E-state index contributed by atoms with van der Waals surface area (Å²) in [5.74, 6) is -0.0449. The Morgan fingerprint density at radius 1 is 1.44 bits per heavy atom. The third kappa shape index (κ3) is 1.74. The average Bonchev–Trinajstić information content (AvgIpc) is 2.92. The molecular formula is C12H12N4OS. The van der Waals surface area contributed by atoms with Gasteiger partial charge in [-0.15, -0.1) is 5.10 Å². The first-order valence-corrected chi connectivity index (χ1v) is 6.51. The summed E-state index contributed by atoms with van der Waals surface area (Å²) in [5, 5.41) is 3.71. The van der Waals surface area contributed by atoms with Crippen LogP contribution >= 0.6 is 11.5 Å². The molecule has 1 aromatic carbocycles. The molecule has 0 spiro atoms. The van der Waals surface area contributed by atoms with E-state index in [1.807, 2.05) is 18.2 Å². The maximum absolute atomic E-state index is 12.4. The Morgan fingerprint density at radius 3 is 3.11 bits per heavy atom. The van der Waals surface area contributed by atoms with Gasteiger partial charge < -0.3 is 10.6 Å². The van der Waals surface area contributed by atoms with Crippen molar-refractivity contribution in [2.45, 2.75) is 12.8 Å². The minimum atomic E-state index is -0.0449. The molecule has 1 amide bonds. The zero-order valence-electron chi connectivity index (χ0n) is 9.67. The van der Waals surface area contributed by atoms with E-state index in [0.29, 0.717) is 11.4 Å². The number of rotatable bonds is 1. The number of carbonyl (C=O) groups excluding carboxylic acids is 1. The second kappa shape index (κ2) is 4.38. The molecule has 1 aliphatic heterocycles. The molecular weight excluding hydrogens is 248 g/mol. The number of benzene rings is 1. The molecule has 0 fully saturated rings. The van der Waals surface area contributed by atoms with Crippen LogP contribution in [0.3, 0.4) is 0 Å². The Balaban J connectivity index is 2.02. The zero-order valence-corrected chi connectivity index (χ0v) is 10.5. The number of amides is 1. The van der Waals surface area contributed by atoms with Crippen LogP contribution in [0.2, 0.25) is 0 Å². The van der Waals surface area contributed by atoms with Crippen molar-refractivity contribution in [3.8, 4) is 0 Å². The third-order valence-corrected chi connectivity index (χ3v) is 3.76. The largest absolute Gasteiger partial charge is 0.398 e. The smallest absolute Gasteiger partial charge is 0.271 e. The van der Waals surface area contributed by atoms with Gasteiger partial charge in [0.15, 0.2) is 0 Å². The number of anilines is 2. The maximum atomic E-state index is 12.4. The van der Waals surface area contributed by atoms with Gasteiger partial charge in [0.05, 0.1) is 6.20 Å². The number of hydrogen-bond donors (Lipinski definition) is 1. The molecule has 0 bridgehead atoms. The van der Waals surface area contributed by atoms with Crippen molar-refractivity contribution in [1.82, 2.24) is 9.59 Å². The molecule has 1 aliphatic rings. The van der Waals surface area contributed by atoms with Crippen molar-refractivity contribution in [1.29, 1.82) is 0 Å². The summed E-state index contributed by atoms with van der Waals surface area (Å²) in [7, 11) is 0. The van der Waals surface area contributed by atoms with Crippen LogP contribution in [0.15, 0.2) is 24.4 Å². The van der Waals surface area contributed by atoms with Crippen molar-refractivity contribution in [3.05, 3.63) is 34.8 Å². The highest BCUT2D eigenvalue weighted by Gasteiger charge is 2.25. The lowest BCUT2D eigenvalue weighted by molar-refractivity contribution is 0.0989. The molecule has 1 aromatic heterocycles. The van der Waals surface area contributed by atoms with Gasteiger partial charge in [-0.25, -0.2) is 0 Å². The van der Waals surface area contributed by atoms with Crippen molar-refractivity contribution >= 4 is 28.8 Å². The van der Waals surface area contributed by atoms with Gasteiger partial charge >= 0.3 is 0 Å². The van der Waals surface area contributed by atoms with Gasteiger partial charge in [0.1, 0.15) is 4.88 Å². The Morgan fingerprint density at radius 2 is 2.33 bits per heavy atom. The van der Waals surface area contributed by atoms with Crippen LogP contribution in [0, 0.1) is 0 Å². The quantitative estimate of drug-likeness (QED) is 0.792. The summed E-state index contributed by atoms with van der Waals surface area (Å²) in [6, 6.07) is 5.70. The summed E-state index contributed by atoms with van der Waals surface area (Å²) >= 11 is 1.12. The van der Waals surface area contributed by atoms with E-state index in [0.717, 1.165) is 41.3 Å². The molecule has 0 radical (unpaired) electrons. The Kier molecular flexibility index (Phi) is 2.71. The second-order valence-corrected chi connectivity index (χ2v) is 4.97. The SMILES string of the molecule is Nc1cccc2c1CCCN2C(=O)c1cnns1. The predicted octanol–water partition coefficient (Wildman–Crippen LogP) is 1.71. The minimum absolute atomic E-state index is 0.0449. The highest BCUT2D eigenvalue weighted by Crippen LogP contribution is 2.32. The Hall–Kier alpha value is -1.95. The van der Waals surface area contributed by atoms with Gasteiger partial charge in [0.25, 0.3) is 5.91 Å². The topological polar surface area (TPSA) is 72.1 Å². The molecule has 6 heteroatoms. The molecule has 2 N–H and O–H groups in total. The Labute approximate surface area is 108 Å². The molecule has 92 valence electrons. The fourth-order valence-electron chi connectivity index (χ4n) is 2.26. The lowest BCUT2D eigenvalue weighted by atomic mass is 10.00. The van der Waals surface area contributed by atoms with Crippen molar-refractivity contribution < 1.29 is 4.79 Å². The van der Waals surface area contributed by atoms with E-state index in [4.69, 9.17) is 5.73 Å². The maximum Gasteiger partial charge on any atom is 0.271 e. The number of hydrogen-bond acceptors (Lipinski definition) is 5. The molecule has 0 unspecified atom stereocenters. The monoisotopic (exact) mass is 260 g/mol. The van der Waals surface area contributed by atoms with Crippen LogP contribution in [-0.2, 0) is 6.42 Å². The zero-order chi connectivity index (χ0) is 12.5. The van der Waals surface area contributed by atoms with Crippen LogP contribution in [0.25, 0.3) is 0 Å². The van der Waals surface area contributed by atoms with Gasteiger partial charge in [-0.05, 0) is 42.1 Å². The van der Waals surface area contributed by atoms with Crippen LogP contribution in [-0.4, -0.2) is 22.0 Å². The molecule has 0 atom stereocenters. The normalized spacial score (nSPS) is 14.3. The van der Waals surface area contributed by atoms with Crippen molar-refractivity contribution in [2.24, 2.45) is 0 Å². The molecule has 3 rings (SSSR count). The lowest BCUT2D eigenvalue weighted by Gasteiger charge is -2.29. The number of nitrogens with two attached hydrogens (primary N) is 1. The van der Waals surface area contributed by atoms with Gasteiger partial charge in [0.2, 0.25) is 0 Å². The van der Waals surface area contributed by atoms with Gasteiger partial charge in [-0.2, -0.15) is 0 Å². The summed E-state index contributed by atoms with van der Waals surface area (Å²) in [6.07, 6.45) is 3.36. The number of nitrogen functional groups attached to an aromatic ring is 1. The summed E-state index contributed by atoms with van der Waals surface area (Å²) in [5.41, 5.74) is 8.70. The lowest BCUT2D eigenvalue weighted by Crippen LogP contribution is -2.35. The van der Waals surface area contributed by atoms with Gasteiger partial charge in [-0.1, -0.05) is 10.6 Å². The van der Waals surface area contributed by atoms with E-state index >= 15 is 0 Å². The standard InChI is InChI=1S/C12H12N4OS/c13-9-4-1-5-10-8(9)3-2-6-16(10)12(17)11-7-14-15-18-11/h1,4-5,7H,2-3,6,13H2. The fourth-order valence-corrected chi connectivity index (χ4v) is 2.72. The number of fused-ring (bicyclic) bond motifs is 1. The van der Waals surface area contributed by atoms with Crippen LogP contribution < -0.4 is 10.6 Å². The highest BCUT2D eigenvalue weighted by molar-refractivity contribution is 7.07. The van der Waals surface area contributed by atoms with E-state index in [9.17, 15) is 4.79 Å². The first-order chi connectivity index (χ1) is 8.77. The first-order valence-electron chi connectivity index (χ1n) is 5.74. The van der Waals surface area contributed by atoms with Gasteiger partial charge in [-0.3, -0.25) is 4.79 Å². The Bertz CT molecular complexity index is 582. The second-order valence-electron chi connectivity index (χ2n) is 4.19. The van der Waals surface area contributed by atoms with E-state index in [-0.39, 0.29) is 5.91 Å². The number of aromatic nitrogens is 2. The fraction of sp³-hybridized carbons (Fsp3) is 0.250. The molecule has 0 saturated carbocycles. The number of carbonyl (C=O) groups is 1. The number of nitrogens with zero attached hydrogens (tertiary/aromatic N) is 3. The summed E-state index contributed by atoms with van der Waals surface area (Å²) in [4.78, 5) is 14.7. The van der Waals surface area contributed by atoms with Crippen molar-refractivity contribution in [2.75, 3.05) is 17.2 Å². The molecule has 0 aliphatic carbocycles. The van der Waals surface area contributed by atoms with Gasteiger partial charge in [0, 0.05) is 17.9 Å². The van der Waals surface area contributed by atoms with E-state index in [2.05, 4.69) is 9.59 Å². The minimum Gasteiger partial charge on any atom is -0.398 e.